The van der Waals surface area contributed by atoms with Gasteiger partial charge in [0.15, 0.2) is 20.5 Å². The van der Waals surface area contributed by atoms with Crippen LogP contribution in [0.25, 0.3) is 22.0 Å². The van der Waals surface area contributed by atoms with E-state index < -0.39 is 48.9 Å². The number of sulfone groups is 1. The van der Waals surface area contributed by atoms with Crippen LogP contribution in [0, 0.1) is 11.6 Å². The van der Waals surface area contributed by atoms with E-state index >= 15 is 0 Å². The second-order valence-electron chi connectivity index (χ2n) is 11.3. The van der Waals surface area contributed by atoms with Crippen LogP contribution in [-0.4, -0.2) is 34.0 Å². The Morgan fingerprint density at radius 2 is 1.62 bits per heavy atom. The second-order valence-corrected chi connectivity index (χ2v) is 14.9. The van der Waals surface area contributed by atoms with Crippen LogP contribution >= 0.6 is 0 Å². The Labute approximate surface area is 262 Å². The maximum Gasteiger partial charge on any atom is 0.261 e. The fourth-order valence-electron chi connectivity index (χ4n) is 5.13. The van der Waals surface area contributed by atoms with Crippen molar-refractivity contribution in [1.82, 2.24) is 4.98 Å². The molecular formula is C34H30F2N2O5S2. The first kappa shape index (κ1) is 31.9. The molecule has 5 rings (SSSR count). The summed E-state index contributed by atoms with van der Waals surface area (Å²) < 4.78 is 75.8. The number of anilines is 1. The molecule has 1 amide bonds. The number of carbonyl (C=O) groups is 1. The fraction of sp³-hybridized carbons (Fsp3) is 0.176. The van der Waals surface area contributed by atoms with Gasteiger partial charge in [-0.05, 0) is 98.1 Å². The molecule has 232 valence electrons. The van der Waals surface area contributed by atoms with Gasteiger partial charge in [0, 0.05) is 35.2 Å². The molecule has 45 heavy (non-hydrogen) atoms. The van der Waals surface area contributed by atoms with Crippen LogP contribution < -0.4 is 4.90 Å². The van der Waals surface area contributed by atoms with Gasteiger partial charge in [-0.1, -0.05) is 24.3 Å². The third kappa shape index (κ3) is 6.23. The highest BCUT2D eigenvalue weighted by atomic mass is 32.2. The molecule has 0 aliphatic rings. The summed E-state index contributed by atoms with van der Waals surface area (Å²) in [4.78, 5) is 19.8. The van der Waals surface area contributed by atoms with Gasteiger partial charge < -0.3 is 4.90 Å². The average molecular weight is 649 g/mol. The van der Waals surface area contributed by atoms with Gasteiger partial charge in [0.05, 0.1) is 26.8 Å². The topological polar surface area (TPSA) is 101 Å². The highest BCUT2D eigenvalue weighted by Gasteiger charge is 2.33. The van der Waals surface area contributed by atoms with E-state index in [0.29, 0.717) is 39.5 Å². The summed E-state index contributed by atoms with van der Waals surface area (Å²) in [6.45, 7) is 5.03. The lowest BCUT2D eigenvalue weighted by molar-refractivity contribution is 0.0974. The van der Waals surface area contributed by atoms with Crippen molar-refractivity contribution in [3.63, 3.8) is 0 Å². The predicted molar refractivity (Wildman–Crippen MR) is 172 cm³/mol. The minimum absolute atomic E-state index is 0.0417. The third-order valence-electron chi connectivity index (χ3n) is 8.11. The van der Waals surface area contributed by atoms with Crippen molar-refractivity contribution >= 4 is 43.0 Å². The van der Waals surface area contributed by atoms with Crippen molar-refractivity contribution in [3.05, 3.63) is 126 Å². The van der Waals surface area contributed by atoms with Crippen LogP contribution in [0.3, 0.4) is 0 Å². The minimum atomic E-state index is -3.49. The van der Waals surface area contributed by atoms with Gasteiger partial charge in [0.25, 0.3) is 5.91 Å². The molecule has 7 nitrogen and oxygen atoms in total. The zero-order valence-electron chi connectivity index (χ0n) is 24.9. The Bertz CT molecular complexity index is 2120. The lowest BCUT2D eigenvalue weighted by Gasteiger charge is -2.30. The molecule has 4 aromatic carbocycles. The number of aromatic nitrogens is 1. The van der Waals surface area contributed by atoms with E-state index in [0.717, 1.165) is 17.5 Å². The molecule has 0 saturated heterocycles. The van der Waals surface area contributed by atoms with E-state index in [1.54, 1.807) is 51.2 Å². The lowest BCUT2D eigenvalue weighted by atomic mass is 9.92. The first-order valence-electron chi connectivity index (χ1n) is 13.9. The molecule has 0 spiro atoms. The van der Waals surface area contributed by atoms with Gasteiger partial charge in [-0.2, -0.15) is 0 Å². The van der Waals surface area contributed by atoms with E-state index in [9.17, 15) is 30.4 Å². The second kappa shape index (κ2) is 12.1. The molecule has 0 aliphatic carbocycles. The van der Waals surface area contributed by atoms with Gasteiger partial charge in [-0.3, -0.25) is 9.78 Å². The number of hydrogen-bond acceptors (Lipinski definition) is 6. The third-order valence-corrected chi connectivity index (χ3v) is 10.9. The molecule has 0 fully saturated rings. The number of rotatable bonds is 8. The van der Waals surface area contributed by atoms with Gasteiger partial charge in [-0.15, -0.1) is 0 Å². The summed E-state index contributed by atoms with van der Waals surface area (Å²) in [7, 11) is -6.36. The zero-order chi connectivity index (χ0) is 32.7. The zero-order valence-corrected chi connectivity index (χ0v) is 26.6. The summed E-state index contributed by atoms with van der Waals surface area (Å²) in [6, 6.07) is 22.1. The summed E-state index contributed by atoms with van der Waals surface area (Å²) >= 11 is 0. The molecule has 1 unspecified atom stereocenters. The molecule has 0 radical (unpaired) electrons. The van der Waals surface area contributed by atoms with E-state index in [-0.39, 0.29) is 10.5 Å². The first-order valence-corrected chi connectivity index (χ1v) is 17.0. The van der Waals surface area contributed by atoms with E-state index in [1.807, 2.05) is 24.3 Å². The Hall–Kier alpha value is -4.48. The van der Waals surface area contributed by atoms with Crippen molar-refractivity contribution < 1.29 is 30.4 Å². The highest BCUT2D eigenvalue weighted by molar-refractivity contribution is 7.91. The van der Waals surface area contributed by atoms with Gasteiger partial charge in [0.1, 0.15) is 11.6 Å². The maximum atomic E-state index is 14.8. The van der Waals surface area contributed by atoms with Crippen LogP contribution in [0.1, 0.15) is 48.3 Å². The normalized spacial score (nSPS) is 12.8. The van der Waals surface area contributed by atoms with Crippen molar-refractivity contribution in [2.45, 2.75) is 36.5 Å². The quantitative estimate of drug-likeness (QED) is 0.185. The molecule has 0 aliphatic heterocycles. The van der Waals surface area contributed by atoms with Crippen molar-refractivity contribution in [1.29, 1.82) is 0 Å². The Morgan fingerprint density at radius 1 is 0.911 bits per heavy atom. The number of nitrogens with zero attached hydrogens (tertiary/aromatic N) is 2. The number of fused-ring (bicyclic) bond motifs is 1. The molecule has 0 N–H and O–H groups in total. The first-order chi connectivity index (χ1) is 21.2. The van der Waals surface area contributed by atoms with Crippen LogP contribution in [0.2, 0.25) is 0 Å². The van der Waals surface area contributed by atoms with Crippen LogP contribution in [-0.2, 0) is 25.3 Å². The molecule has 5 aromatic rings. The van der Waals surface area contributed by atoms with Crippen LogP contribution in [0.5, 0.6) is 0 Å². The van der Waals surface area contributed by atoms with Crippen LogP contribution in [0.15, 0.2) is 102 Å². The Kier molecular flexibility index (Phi) is 8.61. The van der Waals surface area contributed by atoms with E-state index in [4.69, 9.17) is 0 Å². The number of halogens is 2. The molecule has 0 saturated carbocycles. The van der Waals surface area contributed by atoms with Crippen molar-refractivity contribution in [2.75, 3.05) is 11.2 Å². The Balaban J connectivity index is 1.66. The van der Waals surface area contributed by atoms with Gasteiger partial charge >= 0.3 is 0 Å². The molecule has 0 bridgehead atoms. The predicted octanol–water partition coefficient (Wildman–Crippen LogP) is 6.84. The summed E-state index contributed by atoms with van der Waals surface area (Å²) in [5, 5.41) is 0.751. The standard InChI is InChI=1S/C34H30F2N2O5S2/c1-21(38(27-11-13-28(14-12-27)44(40)41)33(39)29-15-10-26(35)20-31(29)36)22-7-5-8-23(17-22)30-19-25(34(2,3)45(4,42)43)18-24-9-6-16-37-32(24)30/h5-21,44H,1-4H3. The summed E-state index contributed by atoms with van der Waals surface area (Å²) in [5.74, 6) is -2.62. The maximum absolute atomic E-state index is 14.8. The van der Waals surface area contributed by atoms with E-state index in [2.05, 4.69) is 4.98 Å². The van der Waals surface area contributed by atoms with Gasteiger partial charge in [0.2, 0.25) is 0 Å². The number of pyridine rings is 1. The SMILES string of the molecule is CC(c1cccc(-c2cc(C(C)(C)S(C)(=O)=O)cc3cccnc23)c1)N(C(=O)c1ccc(F)cc1F)c1ccc([SH](=O)=O)cc1. The van der Waals surface area contributed by atoms with Crippen molar-refractivity contribution in [2.24, 2.45) is 0 Å². The van der Waals surface area contributed by atoms with Crippen molar-refractivity contribution in [3.8, 4) is 11.1 Å². The fourth-order valence-corrected chi connectivity index (χ4v) is 6.07. The molecule has 1 aromatic heterocycles. The molecule has 1 atom stereocenters. The minimum Gasteiger partial charge on any atom is -0.301 e. The average Bonchev–Trinajstić information content (AvgIpc) is 3.00. The molecule has 1 heterocycles. The number of benzene rings is 4. The van der Waals surface area contributed by atoms with E-state index in [1.165, 1.54) is 35.4 Å². The van der Waals surface area contributed by atoms with Crippen LogP contribution in [0.4, 0.5) is 14.5 Å². The number of amides is 1. The monoisotopic (exact) mass is 648 g/mol. The largest absolute Gasteiger partial charge is 0.301 e. The summed E-state index contributed by atoms with van der Waals surface area (Å²) in [6.07, 6.45) is 2.84. The molecular weight excluding hydrogens is 619 g/mol. The summed E-state index contributed by atoms with van der Waals surface area (Å²) in [5.41, 5.74) is 3.20. The number of carbonyl (C=O) groups excluding carboxylic acids is 1. The smallest absolute Gasteiger partial charge is 0.261 e. The number of thiol groups is 1. The number of hydrogen-bond donors (Lipinski definition) is 1. The Morgan fingerprint density at radius 3 is 2.27 bits per heavy atom. The highest BCUT2D eigenvalue weighted by Crippen LogP contribution is 2.38. The molecule has 11 heteroatoms. The van der Waals surface area contributed by atoms with Gasteiger partial charge in [-0.25, -0.2) is 25.6 Å². The lowest BCUT2D eigenvalue weighted by Crippen LogP contribution is -2.34.